The van der Waals surface area contributed by atoms with Crippen LogP contribution in [0.3, 0.4) is 0 Å². The van der Waals surface area contributed by atoms with Crippen molar-refractivity contribution in [3.8, 4) is 0 Å². The Hall–Kier alpha value is -1.42. The molecule has 0 unspecified atom stereocenters. The zero-order valence-electron chi connectivity index (χ0n) is 10.7. The predicted octanol–water partition coefficient (Wildman–Crippen LogP) is 2.50. The first-order valence-corrected chi connectivity index (χ1v) is 6.42. The van der Waals surface area contributed by atoms with Crippen LogP contribution in [-0.2, 0) is 4.79 Å². The van der Waals surface area contributed by atoms with Crippen LogP contribution in [-0.4, -0.2) is 30.4 Å². The van der Waals surface area contributed by atoms with E-state index < -0.39 is 5.82 Å². The number of para-hydroxylation sites is 1. The Morgan fingerprint density at radius 1 is 1.50 bits per heavy atom. The zero-order valence-corrected chi connectivity index (χ0v) is 10.7. The third kappa shape index (κ3) is 3.53. The number of piperidine rings is 1. The fourth-order valence-electron chi connectivity index (χ4n) is 2.39. The Morgan fingerprint density at radius 3 is 3.00 bits per heavy atom. The van der Waals surface area contributed by atoms with Gasteiger partial charge in [0.05, 0.1) is 12.2 Å². The molecule has 1 aromatic rings. The van der Waals surface area contributed by atoms with Crippen molar-refractivity contribution < 1.29 is 9.18 Å². The number of halogens is 1. The van der Waals surface area contributed by atoms with Gasteiger partial charge in [0.25, 0.3) is 0 Å². The van der Waals surface area contributed by atoms with Gasteiger partial charge in [0, 0.05) is 6.54 Å². The van der Waals surface area contributed by atoms with Crippen molar-refractivity contribution in [1.29, 1.82) is 0 Å². The quantitative estimate of drug-likeness (QED) is 0.894. The first-order chi connectivity index (χ1) is 8.65. The molecule has 0 aliphatic carbocycles. The highest BCUT2D eigenvalue weighted by Gasteiger charge is 2.18. The number of carbonyl (C=O) groups excluding carboxylic acids is 1. The molecule has 2 rings (SSSR count). The molecule has 1 amide bonds. The molecule has 98 valence electrons. The Kier molecular flexibility index (Phi) is 4.31. The fraction of sp³-hybridized carbons (Fsp3) is 0.500. The number of carbonyl (C=O) groups is 1. The maximum Gasteiger partial charge on any atom is 0.238 e. The summed E-state index contributed by atoms with van der Waals surface area (Å²) in [6.45, 7) is 4.44. The summed E-state index contributed by atoms with van der Waals surface area (Å²) in [5.41, 5.74) is 0.257. The van der Waals surface area contributed by atoms with E-state index in [0.717, 1.165) is 19.5 Å². The van der Waals surface area contributed by atoms with Gasteiger partial charge >= 0.3 is 0 Å². The number of likely N-dealkylation sites (tertiary alicyclic amines) is 1. The smallest absolute Gasteiger partial charge is 0.238 e. The van der Waals surface area contributed by atoms with E-state index in [1.807, 2.05) is 0 Å². The van der Waals surface area contributed by atoms with Gasteiger partial charge < -0.3 is 5.32 Å². The van der Waals surface area contributed by atoms with E-state index in [1.54, 1.807) is 18.2 Å². The monoisotopic (exact) mass is 250 g/mol. The van der Waals surface area contributed by atoms with Crippen LogP contribution in [0.25, 0.3) is 0 Å². The Bertz CT molecular complexity index is 422. The largest absolute Gasteiger partial charge is 0.322 e. The summed E-state index contributed by atoms with van der Waals surface area (Å²) in [5, 5.41) is 2.62. The van der Waals surface area contributed by atoms with E-state index in [4.69, 9.17) is 0 Å². The molecule has 1 aromatic carbocycles. The lowest BCUT2D eigenvalue weighted by molar-refractivity contribution is -0.117. The number of amides is 1. The third-order valence-electron chi connectivity index (χ3n) is 3.26. The topological polar surface area (TPSA) is 32.3 Å². The van der Waals surface area contributed by atoms with Gasteiger partial charge in [-0.25, -0.2) is 4.39 Å². The molecule has 0 radical (unpaired) electrons. The number of anilines is 1. The second kappa shape index (κ2) is 5.96. The van der Waals surface area contributed by atoms with Gasteiger partial charge in [-0.2, -0.15) is 0 Å². The van der Waals surface area contributed by atoms with Crippen molar-refractivity contribution in [3.63, 3.8) is 0 Å². The molecule has 0 saturated carbocycles. The molecular weight excluding hydrogens is 231 g/mol. The number of hydrogen-bond acceptors (Lipinski definition) is 2. The summed E-state index contributed by atoms with van der Waals surface area (Å²) in [6, 6.07) is 6.24. The first-order valence-electron chi connectivity index (χ1n) is 6.42. The highest BCUT2D eigenvalue weighted by atomic mass is 19.1. The van der Waals surface area contributed by atoms with E-state index in [1.165, 1.54) is 12.5 Å². The van der Waals surface area contributed by atoms with Crippen molar-refractivity contribution in [3.05, 3.63) is 30.1 Å². The summed E-state index contributed by atoms with van der Waals surface area (Å²) >= 11 is 0. The SMILES string of the molecule is C[C@H]1CCCN(CC(=O)Nc2ccccc2F)C1. The molecule has 1 aliphatic heterocycles. The maximum atomic E-state index is 13.4. The lowest BCUT2D eigenvalue weighted by Gasteiger charge is -2.30. The van der Waals surface area contributed by atoms with E-state index in [0.29, 0.717) is 12.5 Å². The predicted molar refractivity (Wildman–Crippen MR) is 69.9 cm³/mol. The molecule has 1 fully saturated rings. The molecule has 1 aliphatic rings. The summed E-state index contributed by atoms with van der Waals surface area (Å²) < 4.78 is 13.4. The summed E-state index contributed by atoms with van der Waals surface area (Å²) in [5.74, 6) is 0.104. The molecule has 0 aromatic heterocycles. The van der Waals surface area contributed by atoms with Gasteiger partial charge in [-0.05, 0) is 37.4 Å². The Labute approximate surface area is 107 Å². The number of benzene rings is 1. The summed E-state index contributed by atoms with van der Waals surface area (Å²) in [4.78, 5) is 13.9. The minimum Gasteiger partial charge on any atom is -0.322 e. The second-order valence-corrected chi connectivity index (χ2v) is 5.01. The summed E-state index contributed by atoms with van der Waals surface area (Å²) in [6.07, 6.45) is 2.36. The molecular formula is C14H19FN2O. The normalized spacial score (nSPS) is 20.7. The average Bonchev–Trinajstić information content (AvgIpc) is 2.32. The Balaban J connectivity index is 1.87. The summed E-state index contributed by atoms with van der Waals surface area (Å²) in [7, 11) is 0. The van der Waals surface area contributed by atoms with Gasteiger partial charge in [-0.1, -0.05) is 19.1 Å². The van der Waals surface area contributed by atoms with Gasteiger partial charge in [-0.3, -0.25) is 9.69 Å². The third-order valence-corrected chi connectivity index (χ3v) is 3.26. The minimum atomic E-state index is -0.391. The molecule has 4 heteroatoms. The molecule has 1 N–H and O–H groups in total. The van der Waals surface area contributed by atoms with Gasteiger partial charge in [0.2, 0.25) is 5.91 Å². The molecule has 0 bridgehead atoms. The fourth-order valence-corrected chi connectivity index (χ4v) is 2.39. The number of nitrogens with zero attached hydrogens (tertiary/aromatic N) is 1. The molecule has 1 heterocycles. The van der Waals surface area contributed by atoms with Crippen LogP contribution < -0.4 is 5.32 Å². The van der Waals surface area contributed by atoms with Crippen LogP contribution in [0.1, 0.15) is 19.8 Å². The average molecular weight is 250 g/mol. The van der Waals surface area contributed by atoms with E-state index >= 15 is 0 Å². The number of nitrogens with one attached hydrogen (secondary N) is 1. The number of hydrogen-bond donors (Lipinski definition) is 1. The lowest BCUT2D eigenvalue weighted by Crippen LogP contribution is -2.39. The van der Waals surface area contributed by atoms with Crippen LogP contribution in [0.5, 0.6) is 0 Å². The Morgan fingerprint density at radius 2 is 2.28 bits per heavy atom. The molecule has 3 nitrogen and oxygen atoms in total. The second-order valence-electron chi connectivity index (χ2n) is 5.01. The maximum absolute atomic E-state index is 13.4. The van der Waals surface area contributed by atoms with Crippen molar-refractivity contribution in [1.82, 2.24) is 4.90 Å². The van der Waals surface area contributed by atoms with Crippen LogP contribution in [0.15, 0.2) is 24.3 Å². The minimum absolute atomic E-state index is 0.144. The molecule has 1 atom stereocenters. The van der Waals surface area contributed by atoms with Crippen molar-refractivity contribution in [2.45, 2.75) is 19.8 Å². The van der Waals surface area contributed by atoms with Crippen LogP contribution in [0.2, 0.25) is 0 Å². The highest BCUT2D eigenvalue weighted by Crippen LogP contribution is 2.16. The van der Waals surface area contributed by atoms with E-state index in [2.05, 4.69) is 17.1 Å². The van der Waals surface area contributed by atoms with Gasteiger partial charge in [-0.15, -0.1) is 0 Å². The van der Waals surface area contributed by atoms with Crippen LogP contribution in [0, 0.1) is 11.7 Å². The van der Waals surface area contributed by atoms with Gasteiger partial charge in [0.1, 0.15) is 5.82 Å². The van der Waals surface area contributed by atoms with Gasteiger partial charge in [0.15, 0.2) is 0 Å². The van der Waals surface area contributed by atoms with E-state index in [9.17, 15) is 9.18 Å². The zero-order chi connectivity index (χ0) is 13.0. The number of rotatable bonds is 3. The highest BCUT2D eigenvalue weighted by molar-refractivity contribution is 5.92. The molecule has 0 spiro atoms. The van der Waals surface area contributed by atoms with Crippen molar-refractivity contribution >= 4 is 11.6 Å². The standard InChI is InChI=1S/C14H19FN2O/c1-11-5-4-8-17(9-11)10-14(18)16-13-7-3-2-6-12(13)15/h2-3,6-7,11H,4-5,8-10H2,1H3,(H,16,18)/t11-/m0/s1. The molecule has 18 heavy (non-hydrogen) atoms. The van der Waals surface area contributed by atoms with Crippen LogP contribution >= 0.6 is 0 Å². The lowest BCUT2D eigenvalue weighted by atomic mass is 10.0. The van der Waals surface area contributed by atoms with Crippen molar-refractivity contribution in [2.24, 2.45) is 5.92 Å². The van der Waals surface area contributed by atoms with Crippen molar-refractivity contribution in [2.75, 3.05) is 25.0 Å². The van der Waals surface area contributed by atoms with Crippen LogP contribution in [0.4, 0.5) is 10.1 Å². The van der Waals surface area contributed by atoms with E-state index in [-0.39, 0.29) is 11.6 Å². The first kappa shape index (κ1) is 13.0. The molecule has 1 saturated heterocycles.